The van der Waals surface area contributed by atoms with Crippen LogP contribution in [0.15, 0.2) is 122 Å². The van der Waals surface area contributed by atoms with E-state index in [0.717, 1.165) is 83.5 Å². The first-order valence-corrected chi connectivity index (χ1v) is 38.3. The van der Waals surface area contributed by atoms with Crippen molar-refractivity contribution in [1.29, 1.82) is 0 Å². The van der Waals surface area contributed by atoms with Gasteiger partial charge in [0, 0.05) is 6.42 Å². The molecule has 0 aromatic heterocycles. The van der Waals surface area contributed by atoms with Crippen molar-refractivity contribution in [3.8, 4) is 0 Å². The SMILES string of the molecule is CC/C=C\C/C=C\C/C=C\C/C=C\C/C=C\C/C=C\C/C=C\C/C=C\C/C=C\CCCC(=O)NC(COC1OC(CO)C(OC2OC(CO)C(O)C(O)C2O)C(O)C1O)C(O)/C=C/CCCCCCCCCCCCCCCCCCCCCCCCCCCCCCCC. The molecule has 9 N–H and O–H groups in total. The van der Waals surface area contributed by atoms with Crippen LogP contribution in [0, 0.1) is 0 Å². The molecule has 2 rings (SSSR count). The monoisotopic (exact) mass is 1330 g/mol. The fourth-order valence-electron chi connectivity index (χ4n) is 11.9. The summed E-state index contributed by atoms with van der Waals surface area (Å²) in [6.07, 6.45) is 77.0. The predicted molar refractivity (Wildman–Crippen MR) is 392 cm³/mol. The minimum Gasteiger partial charge on any atom is -0.394 e. The summed E-state index contributed by atoms with van der Waals surface area (Å²) in [6.45, 7) is 2.67. The van der Waals surface area contributed by atoms with Gasteiger partial charge in [0.25, 0.3) is 0 Å². The fraction of sp³-hybridized carbons (Fsp3) is 0.741. The molecule has 14 heteroatoms. The summed E-state index contributed by atoms with van der Waals surface area (Å²) in [5.41, 5.74) is 0. The van der Waals surface area contributed by atoms with E-state index in [2.05, 4.69) is 129 Å². The van der Waals surface area contributed by atoms with Crippen molar-refractivity contribution in [3.05, 3.63) is 122 Å². The molecule has 12 atom stereocenters. The number of aliphatic hydroxyl groups excluding tert-OH is 8. The molecule has 0 aliphatic carbocycles. The van der Waals surface area contributed by atoms with Gasteiger partial charge in [0.15, 0.2) is 12.6 Å². The van der Waals surface area contributed by atoms with Crippen LogP contribution < -0.4 is 5.32 Å². The Morgan fingerprint density at radius 1 is 0.389 bits per heavy atom. The second kappa shape index (κ2) is 63.8. The molecule has 546 valence electrons. The average Bonchev–Trinajstić information content (AvgIpc) is 0.801. The lowest BCUT2D eigenvalue weighted by molar-refractivity contribution is -0.359. The molecule has 2 saturated heterocycles. The zero-order valence-corrected chi connectivity index (χ0v) is 59.6. The maximum atomic E-state index is 13.3. The largest absolute Gasteiger partial charge is 0.394 e. The summed E-state index contributed by atoms with van der Waals surface area (Å²) in [7, 11) is 0. The van der Waals surface area contributed by atoms with E-state index >= 15 is 0 Å². The zero-order valence-electron chi connectivity index (χ0n) is 59.6. The number of unbranched alkanes of at least 4 members (excludes halogenated alkanes) is 31. The molecule has 1 amide bonds. The van der Waals surface area contributed by atoms with E-state index in [1.807, 2.05) is 6.08 Å². The van der Waals surface area contributed by atoms with Gasteiger partial charge in [-0.2, -0.15) is 0 Å². The maximum absolute atomic E-state index is 13.3. The van der Waals surface area contributed by atoms with Gasteiger partial charge in [-0.1, -0.05) is 322 Å². The smallest absolute Gasteiger partial charge is 0.220 e. The quantitative estimate of drug-likeness (QED) is 0.0204. The number of carbonyl (C=O) groups excluding carboxylic acids is 1. The molecule has 0 spiro atoms. The van der Waals surface area contributed by atoms with E-state index in [9.17, 15) is 45.6 Å². The Labute approximate surface area is 578 Å². The van der Waals surface area contributed by atoms with Gasteiger partial charge in [0.2, 0.25) is 5.91 Å². The molecule has 0 saturated carbocycles. The van der Waals surface area contributed by atoms with E-state index in [4.69, 9.17) is 18.9 Å². The summed E-state index contributed by atoms with van der Waals surface area (Å²) in [5.74, 6) is -0.299. The molecule has 0 radical (unpaired) electrons. The number of nitrogens with one attached hydrogen (secondary N) is 1. The second-order valence-corrected chi connectivity index (χ2v) is 26.4. The molecule has 2 aliphatic rings. The Morgan fingerprint density at radius 3 is 1.11 bits per heavy atom. The highest BCUT2D eigenvalue weighted by molar-refractivity contribution is 5.76. The average molecular weight is 1330 g/mol. The van der Waals surface area contributed by atoms with Crippen LogP contribution >= 0.6 is 0 Å². The number of ether oxygens (including phenoxy) is 4. The number of carbonyl (C=O) groups is 1. The number of amides is 1. The van der Waals surface area contributed by atoms with Crippen LogP contribution in [-0.2, 0) is 23.7 Å². The Bertz CT molecular complexity index is 2060. The first kappa shape index (κ1) is 87.5. The van der Waals surface area contributed by atoms with Gasteiger partial charge < -0.3 is 65.1 Å². The lowest BCUT2D eigenvalue weighted by Crippen LogP contribution is -2.65. The van der Waals surface area contributed by atoms with Crippen molar-refractivity contribution in [3.63, 3.8) is 0 Å². The van der Waals surface area contributed by atoms with Crippen molar-refractivity contribution in [1.82, 2.24) is 5.32 Å². The predicted octanol–water partition coefficient (Wildman–Crippen LogP) is 16.8. The number of aliphatic hydroxyl groups is 8. The Kier molecular flexibility index (Phi) is 58.8. The van der Waals surface area contributed by atoms with Crippen molar-refractivity contribution in [2.75, 3.05) is 19.8 Å². The van der Waals surface area contributed by atoms with Crippen LogP contribution in [0.2, 0.25) is 0 Å². The highest BCUT2D eigenvalue weighted by Crippen LogP contribution is 2.30. The van der Waals surface area contributed by atoms with E-state index in [1.165, 1.54) is 173 Å². The summed E-state index contributed by atoms with van der Waals surface area (Å²) in [4.78, 5) is 13.3. The molecule has 0 bridgehead atoms. The van der Waals surface area contributed by atoms with E-state index in [0.29, 0.717) is 12.8 Å². The first-order valence-electron chi connectivity index (χ1n) is 38.3. The minimum absolute atomic E-state index is 0.194. The van der Waals surface area contributed by atoms with E-state index in [-0.39, 0.29) is 18.9 Å². The molecule has 14 nitrogen and oxygen atoms in total. The molecule has 2 fully saturated rings. The van der Waals surface area contributed by atoms with Gasteiger partial charge in [-0.25, -0.2) is 0 Å². The molecule has 95 heavy (non-hydrogen) atoms. The number of hydrogen-bond donors (Lipinski definition) is 9. The van der Waals surface area contributed by atoms with Crippen molar-refractivity contribution >= 4 is 5.91 Å². The highest BCUT2D eigenvalue weighted by atomic mass is 16.7. The molecule has 2 heterocycles. The third kappa shape index (κ3) is 47.1. The molecule has 12 unspecified atom stereocenters. The second-order valence-electron chi connectivity index (χ2n) is 26.4. The van der Waals surface area contributed by atoms with Crippen LogP contribution in [0.5, 0.6) is 0 Å². The van der Waals surface area contributed by atoms with Gasteiger partial charge in [-0.15, -0.1) is 0 Å². The van der Waals surface area contributed by atoms with Gasteiger partial charge in [0.05, 0.1) is 32.0 Å². The molecule has 0 aromatic carbocycles. The van der Waals surface area contributed by atoms with Gasteiger partial charge in [0.1, 0.15) is 48.8 Å². The molecule has 2 aliphatic heterocycles. The van der Waals surface area contributed by atoms with Crippen molar-refractivity contribution < 1.29 is 64.6 Å². The summed E-state index contributed by atoms with van der Waals surface area (Å²) >= 11 is 0. The van der Waals surface area contributed by atoms with E-state index < -0.39 is 86.8 Å². The minimum atomic E-state index is -1.80. The number of hydrogen-bond acceptors (Lipinski definition) is 13. The van der Waals surface area contributed by atoms with Crippen molar-refractivity contribution in [2.24, 2.45) is 0 Å². The Balaban J connectivity index is 1.69. The maximum Gasteiger partial charge on any atom is 0.220 e. The lowest BCUT2D eigenvalue weighted by Gasteiger charge is -2.46. The summed E-state index contributed by atoms with van der Waals surface area (Å²) in [6, 6.07) is -0.957. The van der Waals surface area contributed by atoms with Crippen LogP contribution in [0.1, 0.15) is 290 Å². The van der Waals surface area contributed by atoms with Gasteiger partial charge in [-0.05, 0) is 83.5 Å². The molecule has 0 aromatic rings. The Hall–Kier alpha value is -3.61. The van der Waals surface area contributed by atoms with Crippen molar-refractivity contribution in [2.45, 2.75) is 364 Å². The third-order valence-electron chi connectivity index (χ3n) is 17.9. The fourth-order valence-corrected chi connectivity index (χ4v) is 11.9. The molecular formula is C81H139NO13. The highest BCUT2D eigenvalue weighted by Gasteiger charge is 2.51. The number of allylic oxidation sites excluding steroid dienone is 19. The van der Waals surface area contributed by atoms with E-state index in [1.54, 1.807) is 6.08 Å². The van der Waals surface area contributed by atoms with Gasteiger partial charge >= 0.3 is 0 Å². The zero-order chi connectivity index (χ0) is 68.7. The van der Waals surface area contributed by atoms with Crippen LogP contribution in [0.25, 0.3) is 0 Å². The summed E-state index contributed by atoms with van der Waals surface area (Å²) < 4.78 is 22.9. The number of rotatable bonds is 62. The van der Waals surface area contributed by atoms with Crippen LogP contribution in [-0.4, -0.2) is 140 Å². The standard InChI is InChI=1S/C81H139NO13/c1-3-5-7-9-11-13-15-17-19-21-23-25-27-29-31-33-34-35-37-38-40-42-44-46-48-50-52-54-56-58-60-62-64-70(85)69(68-92-80-78(91)76(89)79(72(67-84)94-80)95-81-77(90)75(88)74(87)71(66-83)93-81)82-73(86)65-63-61-59-57-55-53-51-49-47-45-43-41-39-36-32-30-28-26-24-22-20-18-16-14-12-10-8-6-4-2/h6,8,12,14,18,20,24,26,30,32,39,41,45,47,51,53,57,59,62,64,69-72,74-81,83-85,87-91H,3-5,7,9-11,13,15-17,19,21-23,25,27-29,31,33-38,40,42-44,46,48-50,52,54-56,58,60-61,63,65-68H2,1-2H3,(H,82,86)/b8-6-,14-12-,20-18-,26-24-,32-30-,41-39-,47-45-,53-51-,59-57-,64-62+. The van der Waals surface area contributed by atoms with Crippen LogP contribution in [0.3, 0.4) is 0 Å². The topological polar surface area (TPSA) is 228 Å². The first-order chi connectivity index (χ1) is 46.6. The third-order valence-corrected chi connectivity index (χ3v) is 17.9. The summed E-state index contributed by atoms with van der Waals surface area (Å²) in [5, 5.41) is 87.5. The molecular weight excluding hydrogens is 1190 g/mol. The normalized spacial score (nSPS) is 23.1. The van der Waals surface area contributed by atoms with Crippen LogP contribution in [0.4, 0.5) is 0 Å². The lowest BCUT2D eigenvalue weighted by atomic mass is 9.97. The van der Waals surface area contributed by atoms with Gasteiger partial charge in [-0.3, -0.25) is 4.79 Å². The Morgan fingerprint density at radius 2 is 0.726 bits per heavy atom.